The van der Waals surface area contributed by atoms with Crippen molar-refractivity contribution in [3.8, 4) is 0 Å². The van der Waals surface area contributed by atoms with Gasteiger partial charge in [-0.3, -0.25) is 19.4 Å². The highest BCUT2D eigenvalue weighted by atomic mass is 35.5. The Kier molecular flexibility index (Phi) is 11.7. The predicted molar refractivity (Wildman–Crippen MR) is 151 cm³/mol. The number of Topliss-reactive ketones (excluding diaryl/α,β-unsaturated/α-hetero) is 1. The molecule has 2 amide bonds. The first kappa shape index (κ1) is 30.1. The first-order chi connectivity index (χ1) is 18.8. The van der Waals surface area contributed by atoms with Crippen LogP contribution in [0.4, 0.5) is 0 Å². The summed E-state index contributed by atoms with van der Waals surface area (Å²) in [5.41, 5.74) is 18.9. The number of hydrogen-bond donors (Lipinski definition) is 4. The molecule has 0 radical (unpaired) electrons. The van der Waals surface area contributed by atoms with E-state index in [0.29, 0.717) is 32.4 Å². The van der Waals surface area contributed by atoms with E-state index in [1.807, 2.05) is 60.7 Å². The highest BCUT2D eigenvalue weighted by Crippen LogP contribution is 2.24. The number of nitrogens with two attached hydrogens (primary N) is 3. The molecular formula is C28H37ClN6O4. The number of carbonyl (C=O) groups excluding carboxylic acids is 3. The molecular weight excluding hydrogens is 520 g/mol. The first-order valence-corrected chi connectivity index (χ1v) is 13.5. The summed E-state index contributed by atoms with van der Waals surface area (Å²) in [4.78, 5) is 44.8. The van der Waals surface area contributed by atoms with Crippen LogP contribution in [0.15, 0.2) is 65.7 Å². The Hall–Kier alpha value is -3.47. The van der Waals surface area contributed by atoms with E-state index in [2.05, 4.69) is 10.3 Å². The number of likely N-dealkylation sites (tertiary alicyclic amines) is 1. The fourth-order valence-corrected chi connectivity index (χ4v) is 4.73. The maximum absolute atomic E-state index is 13.5. The van der Waals surface area contributed by atoms with Gasteiger partial charge >= 0.3 is 0 Å². The third kappa shape index (κ3) is 9.35. The summed E-state index contributed by atoms with van der Waals surface area (Å²) in [5.74, 6) is -1.44. The number of ketones is 1. The molecule has 1 saturated heterocycles. The molecule has 2 aromatic rings. The molecule has 3 rings (SSSR count). The summed E-state index contributed by atoms with van der Waals surface area (Å²) in [5, 5.41) is 2.79. The SMILES string of the molecule is NC(N)=NCCC[C@H](NC(=O)[C@@H]1C[C@H](OCc2ccccc2)CN1C(=O)[C@H](N)Cc1ccccc1)C(=O)CCl. The van der Waals surface area contributed by atoms with E-state index in [-0.39, 0.29) is 42.6 Å². The van der Waals surface area contributed by atoms with Gasteiger partial charge in [-0.05, 0) is 30.4 Å². The molecule has 1 heterocycles. The van der Waals surface area contributed by atoms with Crippen molar-refractivity contribution in [2.24, 2.45) is 22.2 Å². The minimum Gasteiger partial charge on any atom is -0.372 e. The van der Waals surface area contributed by atoms with Gasteiger partial charge in [0.05, 0.1) is 30.7 Å². The van der Waals surface area contributed by atoms with Crippen LogP contribution in [0, 0.1) is 0 Å². The molecule has 210 valence electrons. The largest absolute Gasteiger partial charge is 0.372 e. The number of halogens is 1. The van der Waals surface area contributed by atoms with Gasteiger partial charge in [0.25, 0.3) is 0 Å². The number of nitrogens with one attached hydrogen (secondary N) is 1. The van der Waals surface area contributed by atoms with E-state index in [9.17, 15) is 14.4 Å². The first-order valence-electron chi connectivity index (χ1n) is 13.0. The van der Waals surface area contributed by atoms with Crippen LogP contribution in [0.3, 0.4) is 0 Å². The lowest BCUT2D eigenvalue weighted by Crippen LogP contribution is -2.54. The van der Waals surface area contributed by atoms with E-state index in [1.54, 1.807) is 0 Å². The predicted octanol–water partition coefficient (Wildman–Crippen LogP) is 1.09. The van der Waals surface area contributed by atoms with Gasteiger partial charge in [0.15, 0.2) is 11.7 Å². The zero-order chi connectivity index (χ0) is 28.2. The Labute approximate surface area is 233 Å². The van der Waals surface area contributed by atoms with Gasteiger partial charge in [0.2, 0.25) is 11.8 Å². The molecule has 1 fully saturated rings. The Morgan fingerprint density at radius 3 is 2.31 bits per heavy atom. The Morgan fingerprint density at radius 2 is 1.69 bits per heavy atom. The quantitative estimate of drug-likeness (QED) is 0.117. The molecule has 1 aliphatic heterocycles. The molecule has 10 nitrogen and oxygen atoms in total. The fourth-order valence-electron chi connectivity index (χ4n) is 4.55. The number of carbonyl (C=O) groups is 3. The minimum atomic E-state index is -0.844. The molecule has 1 aliphatic rings. The summed E-state index contributed by atoms with van der Waals surface area (Å²) >= 11 is 5.80. The Balaban J connectivity index is 1.72. The lowest BCUT2D eigenvalue weighted by atomic mass is 10.0. The molecule has 0 spiro atoms. The monoisotopic (exact) mass is 556 g/mol. The Bertz CT molecular complexity index is 1110. The van der Waals surface area contributed by atoms with Crippen molar-refractivity contribution in [3.05, 3.63) is 71.8 Å². The summed E-state index contributed by atoms with van der Waals surface area (Å²) in [6.07, 6.45) is 0.994. The normalized spacial score (nSPS) is 18.3. The van der Waals surface area contributed by atoms with Gasteiger partial charge in [-0.25, -0.2) is 0 Å². The smallest absolute Gasteiger partial charge is 0.243 e. The topological polar surface area (TPSA) is 166 Å². The van der Waals surface area contributed by atoms with E-state index < -0.39 is 24.0 Å². The summed E-state index contributed by atoms with van der Waals surface area (Å²) in [6.45, 7) is 0.864. The van der Waals surface area contributed by atoms with Crippen LogP contribution in [-0.4, -0.2) is 71.7 Å². The second-order valence-electron chi connectivity index (χ2n) is 9.57. The van der Waals surface area contributed by atoms with E-state index in [0.717, 1.165) is 11.1 Å². The lowest BCUT2D eigenvalue weighted by Gasteiger charge is -2.28. The Morgan fingerprint density at radius 1 is 1.05 bits per heavy atom. The number of ether oxygens (including phenoxy) is 1. The van der Waals surface area contributed by atoms with Crippen LogP contribution in [0.5, 0.6) is 0 Å². The number of alkyl halides is 1. The number of aliphatic imine (C=N–C) groups is 1. The van der Waals surface area contributed by atoms with E-state index in [4.69, 9.17) is 33.5 Å². The molecule has 11 heteroatoms. The summed E-state index contributed by atoms with van der Waals surface area (Å²) in [6, 6.07) is 16.6. The van der Waals surface area contributed by atoms with Crippen molar-refractivity contribution in [2.45, 2.75) is 56.5 Å². The number of guanidine groups is 1. The van der Waals surface area contributed by atoms with Crippen LogP contribution in [-0.2, 0) is 32.1 Å². The molecule has 0 bridgehead atoms. The van der Waals surface area contributed by atoms with Crippen LogP contribution < -0.4 is 22.5 Å². The highest BCUT2D eigenvalue weighted by molar-refractivity contribution is 6.28. The minimum absolute atomic E-state index is 0.0484. The van der Waals surface area contributed by atoms with Crippen molar-refractivity contribution in [1.82, 2.24) is 10.2 Å². The molecule has 39 heavy (non-hydrogen) atoms. The van der Waals surface area contributed by atoms with Crippen LogP contribution in [0.2, 0.25) is 0 Å². The molecule has 0 unspecified atom stereocenters. The van der Waals surface area contributed by atoms with Gasteiger partial charge in [-0.2, -0.15) is 0 Å². The summed E-state index contributed by atoms with van der Waals surface area (Å²) < 4.78 is 6.08. The number of rotatable bonds is 14. The third-order valence-electron chi connectivity index (χ3n) is 6.57. The van der Waals surface area contributed by atoms with Crippen molar-refractivity contribution >= 4 is 35.2 Å². The van der Waals surface area contributed by atoms with Gasteiger partial charge in [0.1, 0.15) is 6.04 Å². The maximum atomic E-state index is 13.5. The van der Waals surface area contributed by atoms with Gasteiger partial charge in [0, 0.05) is 19.5 Å². The van der Waals surface area contributed by atoms with Crippen LogP contribution >= 0.6 is 11.6 Å². The van der Waals surface area contributed by atoms with Crippen LogP contribution in [0.25, 0.3) is 0 Å². The van der Waals surface area contributed by atoms with E-state index >= 15 is 0 Å². The lowest BCUT2D eigenvalue weighted by molar-refractivity contribution is -0.140. The van der Waals surface area contributed by atoms with Gasteiger partial charge in [-0.1, -0.05) is 60.7 Å². The second-order valence-corrected chi connectivity index (χ2v) is 9.83. The standard InChI is InChI=1S/C28H37ClN6O4/c29-16-25(36)23(12-7-13-33-28(31)32)34-26(37)24-15-21(39-18-20-10-5-2-6-11-20)17-35(24)27(38)22(30)14-19-8-3-1-4-9-19/h1-6,8-11,21-24H,7,12-18,30H2,(H,34,37)(H4,31,32,33)/t21-,22+,23-,24-/m0/s1. The second kappa shape index (κ2) is 15.2. The number of hydrogen-bond acceptors (Lipinski definition) is 6. The zero-order valence-corrected chi connectivity index (χ0v) is 22.6. The average Bonchev–Trinajstić information content (AvgIpc) is 3.38. The van der Waals surface area contributed by atoms with Crippen molar-refractivity contribution < 1.29 is 19.1 Å². The van der Waals surface area contributed by atoms with Crippen molar-refractivity contribution in [3.63, 3.8) is 0 Å². The van der Waals surface area contributed by atoms with Crippen LogP contribution in [0.1, 0.15) is 30.4 Å². The maximum Gasteiger partial charge on any atom is 0.243 e. The molecule has 2 aromatic carbocycles. The van der Waals surface area contributed by atoms with Crippen molar-refractivity contribution in [2.75, 3.05) is 19.0 Å². The zero-order valence-electron chi connectivity index (χ0n) is 21.9. The average molecular weight is 557 g/mol. The van der Waals surface area contributed by atoms with Gasteiger partial charge in [-0.15, -0.1) is 11.6 Å². The molecule has 0 aliphatic carbocycles. The van der Waals surface area contributed by atoms with Crippen molar-refractivity contribution in [1.29, 1.82) is 0 Å². The molecule has 7 N–H and O–H groups in total. The number of benzene rings is 2. The molecule has 0 saturated carbocycles. The third-order valence-corrected chi connectivity index (χ3v) is 6.84. The number of nitrogens with zero attached hydrogens (tertiary/aromatic N) is 2. The van der Waals surface area contributed by atoms with E-state index in [1.165, 1.54) is 4.90 Å². The highest BCUT2D eigenvalue weighted by Gasteiger charge is 2.42. The summed E-state index contributed by atoms with van der Waals surface area (Å²) in [7, 11) is 0. The molecule has 0 aromatic heterocycles. The number of amides is 2. The van der Waals surface area contributed by atoms with Gasteiger partial charge < -0.3 is 32.2 Å². The fraction of sp³-hybridized carbons (Fsp3) is 0.429. The molecule has 4 atom stereocenters.